The average molecular weight is 302 g/mol. The van der Waals surface area contributed by atoms with Crippen LogP contribution in [-0.4, -0.2) is 7.11 Å². The quantitative estimate of drug-likeness (QED) is 0.935. The molecular weight excluding hydrogens is 291 g/mol. The number of hydrogen-bond acceptors (Lipinski definition) is 2. The van der Waals surface area contributed by atoms with Crippen molar-refractivity contribution in [1.29, 1.82) is 0 Å². The number of methoxy groups -OCH3 is 1. The van der Waals surface area contributed by atoms with E-state index in [-0.39, 0.29) is 16.3 Å². The van der Waals surface area contributed by atoms with Gasteiger partial charge in [-0.25, -0.2) is 13.2 Å². The summed E-state index contributed by atoms with van der Waals surface area (Å²) >= 11 is 5.63. The highest BCUT2D eigenvalue weighted by molar-refractivity contribution is 6.30. The first kappa shape index (κ1) is 14.7. The minimum absolute atomic E-state index is 0.0492. The monoisotopic (exact) mass is 301 g/mol. The zero-order valence-corrected chi connectivity index (χ0v) is 11.2. The first-order valence-electron chi connectivity index (χ1n) is 5.67. The summed E-state index contributed by atoms with van der Waals surface area (Å²) in [7, 11) is 1.30. The Morgan fingerprint density at radius 2 is 1.65 bits per heavy atom. The van der Waals surface area contributed by atoms with E-state index in [1.165, 1.54) is 19.2 Å². The molecule has 0 heterocycles. The first-order chi connectivity index (χ1) is 9.43. The smallest absolute Gasteiger partial charge is 0.141 e. The molecule has 2 aromatic rings. The first-order valence-corrected chi connectivity index (χ1v) is 6.05. The molecule has 0 amide bonds. The number of ether oxygens (including phenoxy) is 1. The van der Waals surface area contributed by atoms with Crippen LogP contribution in [0.4, 0.5) is 13.2 Å². The van der Waals surface area contributed by atoms with Gasteiger partial charge in [0.25, 0.3) is 0 Å². The lowest BCUT2D eigenvalue weighted by atomic mass is 9.98. The lowest BCUT2D eigenvalue weighted by Gasteiger charge is -2.15. The van der Waals surface area contributed by atoms with Crippen molar-refractivity contribution in [3.63, 3.8) is 0 Å². The fourth-order valence-corrected chi connectivity index (χ4v) is 2.04. The van der Waals surface area contributed by atoms with E-state index in [9.17, 15) is 13.2 Å². The molecule has 0 aliphatic heterocycles. The van der Waals surface area contributed by atoms with Crippen molar-refractivity contribution in [2.75, 3.05) is 7.11 Å². The van der Waals surface area contributed by atoms with Crippen LogP contribution in [-0.2, 0) is 0 Å². The summed E-state index contributed by atoms with van der Waals surface area (Å²) in [4.78, 5) is 0. The summed E-state index contributed by atoms with van der Waals surface area (Å²) in [6.45, 7) is 0. The van der Waals surface area contributed by atoms with Gasteiger partial charge in [-0.2, -0.15) is 0 Å². The van der Waals surface area contributed by atoms with Crippen molar-refractivity contribution < 1.29 is 17.9 Å². The van der Waals surface area contributed by atoms with Crippen LogP contribution in [0.25, 0.3) is 0 Å². The van der Waals surface area contributed by atoms with E-state index in [1.807, 2.05) is 0 Å². The highest BCUT2D eigenvalue weighted by atomic mass is 35.5. The van der Waals surface area contributed by atoms with Crippen molar-refractivity contribution in [3.05, 3.63) is 63.9 Å². The van der Waals surface area contributed by atoms with E-state index < -0.39 is 23.5 Å². The SMILES string of the molecule is COc1cc(F)c(C(N)c2ccc(F)c(Cl)c2)c(F)c1. The van der Waals surface area contributed by atoms with Crippen LogP contribution in [0, 0.1) is 17.5 Å². The highest BCUT2D eigenvalue weighted by Gasteiger charge is 2.20. The van der Waals surface area contributed by atoms with Crippen molar-refractivity contribution in [1.82, 2.24) is 0 Å². The van der Waals surface area contributed by atoms with Gasteiger partial charge in [-0.1, -0.05) is 17.7 Å². The molecule has 20 heavy (non-hydrogen) atoms. The third kappa shape index (κ3) is 2.73. The molecule has 2 rings (SSSR count). The van der Waals surface area contributed by atoms with Gasteiger partial charge < -0.3 is 10.5 Å². The van der Waals surface area contributed by atoms with E-state index >= 15 is 0 Å². The normalized spacial score (nSPS) is 12.3. The van der Waals surface area contributed by atoms with E-state index in [0.29, 0.717) is 5.56 Å². The molecular formula is C14H11ClF3NO. The van der Waals surface area contributed by atoms with E-state index in [1.54, 1.807) is 0 Å². The Hall–Kier alpha value is -1.72. The molecule has 0 saturated heterocycles. The van der Waals surface area contributed by atoms with Gasteiger partial charge in [0.1, 0.15) is 23.2 Å². The van der Waals surface area contributed by atoms with Crippen molar-refractivity contribution in [2.24, 2.45) is 5.73 Å². The summed E-state index contributed by atoms with van der Waals surface area (Å²) in [5.74, 6) is -2.25. The molecule has 0 aliphatic rings. The van der Waals surface area contributed by atoms with Crippen molar-refractivity contribution in [2.45, 2.75) is 6.04 Å². The van der Waals surface area contributed by atoms with Gasteiger partial charge in [-0.05, 0) is 17.7 Å². The molecule has 0 fully saturated rings. The second-order valence-corrected chi connectivity index (χ2v) is 4.56. The third-order valence-corrected chi connectivity index (χ3v) is 3.19. The van der Waals surface area contributed by atoms with Crippen LogP contribution in [0.1, 0.15) is 17.2 Å². The third-order valence-electron chi connectivity index (χ3n) is 2.90. The lowest BCUT2D eigenvalue weighted by Crippen LogP contribution is -2.16. The second kappa shape index (κ2) is 5.73. The number of rotatable bonds is 3. The molecule has 0 aromatic heterocycles. The molecule has 0 spiro atoms. The lowest BCUT2D eigenvalue weighted by molar-refractivity contribution is 0.404. The number of hydrogen-bond donors (Lipinski definition) is 1. The zero-order chi connectivity index (χ0) is 14.9. The Kier molecular flexibility index (Phi) is 4.20. The fourth-order valence-electron chi connectivity index (χ4n) is 1.85. The molecule has 6 heteroatoms. The van der Waals surface area contributed by atoms with E-state index in [0.717, 1.165) is 18.2 Å². The minimum atomic E-state index is -1.10. The van der Waals surface area contributed by atoms with E-state index in [4.69, 9.17) is 22.1 Å². The van der Waals surface area contributed by atoms with Crippen molar-refractivity contribution in [3.8, 4) is 5.75 Å². The van der Waals surface area contributed by atoms with Crippen LogP contribution >= 0.6 is 11.6 Å². The van der Waals surface area contributed by atoms with Crippen LogP contribution in [0.3, 0.4) is 0 Å². The molecule has 106 valence electrons. The second-order valence-electron chi connectivity index (χ2n) is 4.16. The fraction of sp³-hybridized carbons (Fsp3) is 0.143. The summed E-state index contributed by atoms with van der Waals surface area (Å²) in [6.07, 6.45) is 0. The molecule has 1 unspecified atom stereocenters. The zero-order valence-electron chi connectivity index (χ0n) is 10.5. The molecule has 2 nitrogen and oxygen atoms in total. The van der Waals surface area contributed by atoms with Gasteiger partial charge in [0.2, 0.25) is 0 Å². The molecule has 0 aliphatic carbocycles. The Morgan fingerprint density at radius 3 is 2.15 bits per heavy atom. The van der Waals surface area contributed by atoms with Gasteiger partial charge in [0, 0.05) is 17.7 Å². The Balaban J connectivity index is 2.47. The van der Waals surface area contributed by atoms with Crippen LogP contribution in [0.2, 0.25) is 5.02 Å². The van der Waals surface area contributed by atoms with Gasteiger partial charge in [0.15, 0.2) is 0 Å². The predicted molar refractivity (Wildman–Crippen MR) is 70.4 cm³/mol. The van der Waals surface area contributed by atoms with Crippen LogP contribution in [0.15, 0.2) is 30.3 Å². The topological polar surface area (TPSA) is 35.2 Å². The highest BCUT2D eigenvalue weighted by Crippen LogP contribution is 2.30. The average Bonchev–Trinajstić information content (AvgIpc) is 2.40. The Labute approximate surface area is 118 Å². The maximum absolute atomic E-state index is 13.9. The predicted octanol–water partition coefficient (Wildman–Crippen LogP) is 3.81. The summed E-state index contributed by atoms with van der Waals surface area (Å²) < 4.78 is 45.7. The van der Waals surface area contributed by atoms with Gasteiger partial charge in [-0.3, -0.25) is 0 Å². The standard InChI is InChI=1S/C14H11ClF3NO/c1-20-8-5-11(17)13(12(18)6-8)14(19)7-2-3-10(16)9(15)4-7/h2-6,14H,19H2,1H3. The molecule has 2 N–H and O–H groups in total. The molecule has 2 aromatic carbocycles. The molecule has 0 saturated carbocycles. The Bertz CT molecular complexity index is 625. The maximum atomic E-state index is 13.9. The van der Waals surface area contributed by atoms with Crippen LogP contribution in [0.5, 0.6) is 5.75 Å². The summed E-state index contributed by atoms with van der Waals surface area (Å²) in [5, 5.41) is -0.160. The van der Waals surface area contributed by atoms with Gasteiger partial charge in [-0.15, -0.1) is 0 Å². The number of benzene rings is 2. The molecule has 0 bridgehead atoms. The summed E-state index contributed by atoms with van der Waals surface area (Å²) in [5.41, 5.74) is 5.81. The van der Waals surface area contributed by atoms with Crippen LogP contribution < -0.4 is 10.5 Å². The summed E-state index contributed by atoms with van der Waals surface area (Å²) in [6, 6.07) is 4.63. The minimum Gasteiger partial charge on any atom is -0.497 e. The van der Waals surface area contributed by atoms with Gasteiger partial charge >= 0.3 is 0 Å². The largest absolute Gasteiger partial charge is 0.497 e. The number of halogens is 4. The molecule has 0 radical (unpaired) electrons. The van der Waals surface area contributed by atoms with Gasteiger partial charge in [0.05, 0.1) is 18.2 Å². The number of nitrogens with two attached hydrogens (primary N) is 1. The Morgan fingerprint density at radius 1 is 1.05 bits per heavy atom. The van der Waals surface area contributed by atoms with Crippen molar-refractivity contribution >= 4 is 11.6 Å². The maximum Gasteiger partial charge on any atom is 0.141 e. The molecule has 1 atom stereocenters. The van der Waals surface area contributed by atoms with E-state index in [2.05, 4.69) is 0 Å².